The molecule has 3 rings (SSSR count). The third-order valence-electron chi connectivity index (χ3n) is 4.23. The summed E-state index contributed by atoms with van der Waals surface area (Å²) in [5.41, 5.74) is 0.604. The van der Waals surface area contributed by atoms with Crippen LogP contribution in [0.2, 0.25) is 0 Å². The van der Waals surface area contributed by atoms with Crippen molar-refractivity contribution in [3.05, 3.63) is 52.6 Å². The number of aromatic hydroxyl groups is 1. The lowest BCUT2D eigenvalue weighted by Crippen LogP contribution is -2.45. The van der Waals surface area contributed by atoms with Crippen molar-refractivity contribution in [2.45, 2.75) is 25.9 Å². The summed E-state index contributed by atoms with van der Waals surface area (Å²) in [4.78, 5) is 48.2. The highest BCUT2D eigenvalue weighted by Gasteiger charge is 2.23. The van der Waals surface area contributed by atoms with Crippen LogP contribution in [0.15, 0.2) is 35.5 Å². The first-order chi connectivity index (χ1) is 13.4. The minimum absolute atomic E-state index is 0.0726. The maximum Gasteiger partial charge on any atom is 0.328 e. The molecule has 10 nitrogen and oxygen atoms in total. The highest BCUT2D eigenvalue weighted by Crippen LogP contribution is 2.15. The fourth-order valence-electron chi connectivity index (χ4n) is 2.84. The molecule has 3 N–H and O–H groups in total. The second-order valence-corrected chi connectivity index (χ2v) is 6.18. The molecule has 1 atom stereocenters. The maximum absolute atomic E-state index is 12.7. The zero-order valence-corrected chi connectivity index (χ0v) is 15.3. The lowest BCUT2D eigenvalue weighted by Gasteiger charge is -2.17. The number of benzene rings is 1. The van der Waals surface area contributed by atoms with Gasteiger partial charge in [0.25, 0.3) is 5.56 Å². The van der Waals surface area contributed by atoms with Crippen molar-refractivity contribution in [2.24, 2.45) is 0 Å². The minimum Gasteiger partial charge on any atom is -0.508 e. The maximum atomic E-state index is 12.7. The Hall–Kier alpha value is -3.69. The molecule has 3 aromatic rings. The number of carbonyl (C=O) groups is 2. The molecule has 0 aliphatic carbocycles. The number of nitrogens with one attached hydrogen (secondary N) is 2. The van der Waals surface area contributed by atoms with Crippen LogP contribution in [0.4, 0.5) is 0 Å². The predicted molar refractivity (Wildman–Crippen MR) is 98.6 cm³/mol. The van der Waals surface area contributed by atoms with E-state index in [1.807, 2.05) is 0 Å². The Morgan fingerprint density at radius 2 is 2.18 bits per heavy atom. The molecule has 0 aliphatic heterocycles. The van der Waals surface area contributed by atoms with Gasteiger partial charge in [-0.3, -0.25) is 14.2 Å². The average Bonchev–Trinajstić information content (AvgIpc) is 3.18. The number of aryl methyl sites for hydroxylation is 1. The number of fused-ring (bicyclic) bond motifs is 1. The Labute approximate surface area is 159 Å². The monoisotopic (exact) mass is 385 g/mol. The van der Waals surface area contributed by atoms with Gasteiger partial charge in [-0.2, -0.15) is 0 Å². The first-order valence-corrected chi connectivity index (χ1v) is 8.43. The van der Waals surface area contributed by atoms with Crippen LogP contribution in [-0.4, -0.2) is 49.7 Å². The summed E-state index contributed by atoms with van der Waals surface area (Å²) in [7, 11) is 1.23. The van der Waals surface area contributed by atoms with Crippen LogP contribution in [0.25, 0.3) is 10.9 Å². The number of ether oxygens (including phenoxy) is 1. The number of aromatic nitrogens is 4. The van der Waals surface area contributed by atoms with Gasteiger partial charge in [0, 0.05) is 18.3 Å². The van der Waals surface area contributed by atoms with Gasteiger partial charge in [-0.05, 0) is 25.1 Å². The number of methoxy groups -OCH3 is 1. The van der Waals surface area contributed by atoms with E-state index < -0.39 is 23.5 Å². The van der Waals surface area contributed by atoms with E-state index in [0.29, 0.717) is 17.0 Å². The summed E-state index contributed by atoms with van der Waals surface area (Å²) < 4.78 is 5.92. The van der Waals surface area contributed by atoms with Crippen molar-refractivity contribution < 1.29 is 19.4 Å². The van der Waals surface area contributed by atoms with Gasteiger partial charge in [-0.15, -0.1) is 0 Å². The molecule has 0 saturated carbocycles. The van der Waals surface area contributed by atoms with E-state index in [-0.39, 0.29) is 24.1 Å². The molecule has 146 valence electrons. The number of carbonyl (C=O) groups excluding carboxylic acids is 2. The molecule has 0 fully saturated rings. The van der Waals surface area contributed by atoms with Gasteiger partial charge in [0.15, 0.2) is 0 Å². The number of amides is 1. The van der Waals surface area contributed by atoms with E-state index in [2.05, 4.69) is 20.3 Å². The Morgan fingerprint density at radius 3 is 2.86 bits per heavy atom. The molecule has 0 radical (unpaired) electrons. The highest BCUT2D eigenvalue weighted by molar-refractivity contribution is 5.85. The Kier molecular flexibility index (Phi) is 5.39. The van der Waals surface area contributed by atoms with E-state index in [9.17, 15) is 19.5 Å². The van der Waals surface area contributed by atoms with Gasteiger partial charge >= 0.3 is 5.97 Å². The fraction of sp³-hybridized carbons (Fsp3) is 0.278. The second kappa shape index (κ2) is 7.91. The standard InChI is InChI=1S/C18H19N5O5/c1-10-21-14-4-3-12(24)6-13(14)17(26)23(10)8-16(25)22-15(18(27)28-2)5-11-7-19-9-20-11/h3-4,6-7,9,15,24H,5,8H2,1-2H3,(H,19,20)(H,22,25)/t15-/m0/s1. The van der Waals surface area contributed by atoms with E-state index in [1.165, 1.54) is 42.4 Å². The lowest BCUT2D eigenvalue weighted by molar-refractivity contribution is -0.145. The number of H-pyrrole nitrogens is 1. The summed E-state index contributed by atoms with van der Waals surface area (Å²) in [6.07, 6.45) is 3.16. The molecule has 28 heavy (non-hydrogen) atoms. The van der Waals surface area contributed by atoms with Crippen LogP contribution in [0, 0.1) is 6.92 Å². The number of aromatic amines is 1. The summed E-state index contributed by atoms with van der Waals surface area (Å²) in [6.45, 7) is 1.27. The number of phenols is 1. The van der Waals surface area contributed by atoms with E-state index >= 15 is 0 Å². The predicted octanol–water partition coefficient (Wildman–Crippen LogP) is 0.0341. The topological polar surface area (TPSA) is 139 Å². The van der Waals surface area contributed by atoms with Crippen LogP contribution >= 0.6 is 0 Å². The molecule has 1 aromatic carbocycles. The first-order valence-electron chi connectivity index (χ1n) is 8.43. The SMILES string of the molecule is COC(=O)[C@H](Cc1cnc[nH]1)NC(=O)Cn1c(C)nc2ccc(O)cc2c1=O. The number of esters is 1. The first kappa shape index (κ1) is 19.1. The zero-order valence-electron chi connectivity index (χ0n) is 15.3. The van der Waals surface area contributed by atoms with E-state index in [4.69, 9.17) is 4.74 Å². The van der Waals surface area contributed by atoms with E-state index in [0.717, 1.165) is 0 Å². The summed E-state index contributed by atoms with van der Waals surface area (Å²) in [5.74, 6) is -0.909. The molecule has 0 unspecified atom stereocenters. The van der Waals surface area contributed by atoms with Crippen LogP contribution in [-0.2, 0) is 27.3 Å². The average molecular weight is 385 g/mol. The van der Waals surface area contributed by atoms with Crippen LogP contribution in [0.1, 0.15) is 11.5 Å². The Balaban J connectivity index is 1.83. The molecular formula is C18H19N5O5. The number of imidazole rings is 1. The molecule has 0 spiro atoms. The van der Waals surface area contributed by atoms with Crippen molar-refractivity contribution >= 4 is 22.8 Å². The molecular weight excluding hydrogens is 366 g/mol. The summed E-state index contributed by atoms with van der Waals surface area (Å²) in [6, 6.07) is 3.32. The Bertz CT molecular complexity index is 1070. The van der Waals surface area contributed by atoms with Crippen molar-refractivity contribution in [3.8, 4) is 5.75 Å². The smallest absolute Gasteiger partial charge is 0.328 e. The molecule has 1 amide bonds. The third-order valence-corrected chi connectivity index (χ3v) is 4.23. The van der Waals surface area contributed by atoms with Gasteiger partial charge in [0.05, 0.1) is 24.3 Å². The van der Waals surface area contributed by atoms with Crippen molar-refractivity contribution in [3.63, 3.8) is 0 Å². The summed E-state index contributed by atoms with van der Waals surface area (Å²) >= 11 is 0. The van der Waals surface area contributed by atoms with Crippen LogP contribution in [0.3, 0.4) is 0 Å². The quantitative estimate of drug-likeness (QED) is 0.509. The molecule has 2 aromatic heterocycles. The molecule has 0 aliphatic rings. The van der Waals surface area contributed by atoms with Crippen molar-refractivity contribution in [2.75, 3.05) is 7.11 Å². The number of hydrogen-bond donors (Lipinski definition) is 3. The van der Waals surface area contributed by atoms with Gasteiger partial charge in [-0.25, -0.2) is 14.8 Å². The Morgan fingerprint density at radius 1 is 1.39 bits per heavy atom. The zero-order chi connectivity index (χ0) is 20.3. The number of phenolic OH excluding ortho intramolecular Hbond substituents is 1. The largest absolute Gasteiger partial charge is 0.508 e. The van der Waals surface area contributed by atoms with Crippen LogP contribution in [0.5, 0.6) is 5.75 Å². The molecule has 2 heterocycles. The third kappa shape index (κ3) is 4.00. The highest BCUT2D eigenvalue weighted by atomic mass is 16.5. The second-order valence-electron chi connectivity index (χ2n) is 6.18. The molecule has 10 heteroatoms. The number of rotatable bonds is 6. The van der Waals surface area contributed by atoms with Gasteiger partial charge in [0.2, 0.25) is 5.91 Å². The van der Waals surface area contributed by atoms with Crippen molar-refractivity contribution in [1.29, 1.82) is 0 Å². The lowest BCUT2D eigenvalue weighted by atomic mass is 10.1. The molecule has 0 saturated heterocycles. The van der Waals surface area contributed by atoms with Gasteiger partial charge in [0.1, 0.15) is 24.2 Å². The minimum atomic E-state index is -0.939. The normalized spacial score (nSPS) is 11.9. The number of hydrogen-bond acceptors (Lipinski definition) is 7. The number of nitrogens with zero attached hydrogens (tertiary/aromatic N) is 3. The summed E-state index contributed by atoms with van der Waals surface area (Å²) in [5, 5.41) is 12.4. The van der Waals surface area contributed by atoms with Gasteiger partial charge < -0.3 is 20.1 Å². The fourth-order valence-corrected chi connectivity index (χ4v) is 2.84. The van der Waals surface area contributed by atoms with E-state index in [1.54, 1.807) is 6.92 Å². The molecule has 0 bridgehead atoms. The van der Waals surface area contributed by atoms with Crippen LogP contribution < -0.4 is 10.9 Å². The van der Waals surface area contributed by atoms with Crippen molar-refractivity contribution in [1.82, 2.24) is 24.8 Å². The van der Waals surface area contributed by atoms with Gasteiger partial charge in [-0.1, -0.05) is 0 Å².